The van der Waals surface area contributed by atoms with Crippen LogP contribution in [0.2, 0.25) is 0 Å². The Morgan fingerprint density at radius 2 is 0.982 bits per heavy atom. The number of ketones is 1. The van der Waals surface area contributed by atoms with Crippen LogP contribution in [0, 0.1) is 0 Å². The summed E-state index contributed by atoms with van der Waals surface area (Å²) in [6.07, 6.45) is 4.47. The third-order valence-corrected chi connectivity index (χ3v) is 22.1. The van der Waals surface area contributed by atoms with Gasteiger partial charge in [-0.05, 0) is 196 Å². The zero-order valence-electron chi connectivity index (χ0n) is 66.7. The molecule has 0 radical (unpaired) electrons. The first-order chi connectivity index (χ1) is 53.2. The smallest absolute Gasteiger partial charge is 0.245 e. The van der Waals surface area contributed by atoms with E-state index in [2.05, 4.69) is 116 Å². The van der Waals surface area contributed by atoms with Gasteiger partial charge in [0.25, 0.3) is 0 Å². The maximum absolute atomic E-state index is 13.2. The van der Waals surface area contributed by atoms with Crippen molar-refractivity contribution < 1.29 is 43.0 Å². The minimum atomic E-state index is -0.798. The molecular weight excluding hydrogens is 1400 g/mol. The van der Waals surface area contributed by atoms with Crippen LogP contribution in [0.25, 0.3) is 44.8 Å². The van der Waals surface area contributed by atoms with E-state index in [-0.39, 0.29) is 54.3 Å². The third kappa shape index (κ3) is 20.4. The lowest BCUT2D eigenvalue weighted by Gasteiger charge is -2.34. The van der Waals surface area contributed by atoms with Gasteiger partial charge in [-0.1, -0.05) is 36.4 Å². The summed E-state index contributed by atoms with van der Waals surface area (Å²) in [5, 5.41) is 0. The van der Waals surface area contributed by atoms with E-state index >= 15 is 0 Å². The molecule has 4 aliphatic heterocycles. The minimum absolute atomic E-state index is 0.0409. The zero-order chi connectivity index (χ0) is 79.3. The predicted octanol–water partition coefficient (Wildman–Crippen LogP) is 9.27. The van der Waals surface area contributed by atoms with Crippen LogP contribution in [0.1, 0.15) is 95.4 Å². The number of hydrogen-bond donors (Lipinski definition) is 3. The number of primary amides is 1. The molecular formula is C85H109N17O9. The summed E-state index contributed by atoms with van der Waals surface area (Å²) in [6, 6.07) is 38.9. The zero-order valence-corrected chi connectivity index (χ0v) is 66.7. The molecule has 4 atom stereocenters. The first kappa shape index (κ1) is 81.2. The molecule has 2 aromatic heterocycles. The van der Waals surface area contributed by atoms with Gasteiger partial charge in [0.1, 0.15) is 35.2 Å². The highest BCUT2D eigenvalue weighted by molar-refractivity contribution is 6.09. The maximum atomic E-state index is 13.2. The van der Waals surface area contributed by atoms with Gasteiger partial charge in [-0.3, -0.25) is 48.4 Å². The fraction of sp³-hybridized carbons (Fsp3) is 0.447. The number of amides is 6. The summed E-state index contributed by atoms with van der Waals surface area (Å²) in [4.78, 5) is 133. The van der Waals surface area contributed by atoms with Crippen molar-refractivity contribution in [1.29, 1.82) is 0 Å². The Labute approximate surface area is 651 Å². The van der Waals surface area contributed by atoms with Gasteiger partial charge >= 0.3 is 0 Å². The number of nitrogens with two attached hydrogens (primary N) is 1. The van der Waals surface area contributed by atoms with E-state index in [9.17, 15) is 33.6 Å². The number of unbranched alkanes of at least 4 members (excludes halogenated alkanes) is 1. The van der Waals surface area contributed by atoms with Crippen molar-refractivity contribution in [2.75, 3.05) is 151 Å². The van der Waals surface area contributed by atoms with E-state index in [1.807, 2.05) is 62.6 Å². The van der Waals surface area contributed by atoms with Crippen molar-refractivity contribution in [3.8, 4) is 34.3 Å². The largest absolute Gasteiger partial charge is 0.494 e. The Balaban J connectivity index is 0.000000220. The summed E-state index contributed by atoms with van der Waals surface area (Å²) >= 11 is 0. The third-order valence-electron chi connectivity index (χ3n) is 22.1. The summed E-state index contributed by atoms with van der Waals surface area (Å²) in [5.41, 5.74) is 22.1. The predicted molar refractivity (Wildman–Crippen MR) is 438 cm³/mol. The molecule has 6 heterocycles. The van der Waals surface area contributed by atoms with Gasteiger partial charge in [-0.2, -0.15) is 0 Å². The molecule has 4 N–H and O–H groups in total. The average molecular weight is 1510 g/mol. The number of aromatic nitrogens is 4. The number of nitrogens with one attached hydrogen (secondary N) is 2. The first-order valence-electron chi connectivity index (χ1n) is 38.7. The average Bonchev–Trinajstić information content (AvgIpc) is 1.64. The van der Waals surface area contributed by atoms with E-state index in [1.54, 1.807) is 58.6 Å². The molecule has 26 heteroatoms. The SMILES string of the molecule is CC(=O)[C@H](C)N(C)C(=O)[C@H](C)N(C)C(=O)[C@H](C)N(C)C(=O)CCCOc1cccc(-c2nc3ccc(C4=Nc5cc(N6CCN(C)CC6)ccc5C4)cc3[nH]2)c1.C[C@@H](C(=O)N(CCCCN(C)C(=O)CCCOc1cccc(C2=Nc3ccc(-c4nc5ccc(N6CCN(C)CC6)cc5[nH]4)cc3C2)c1)CC(N)=O)N(C)C. The van der Waals surface area contributed by atoms with Gasteiger partial charge in [0.15, 0.2) is 5.78 Å². The highest BCUT2D eigenvalue weighted by atomic mass is 16.5. The molecule has 588 valence electrons. The fourth-order valence-corrected chi connectivity index (χ4v) is 14.0. The summed E-state index contributed by atoms with van der Waals surface area (Å²) in [7, 11) is 14.4. The number of Topliss-reactive ketones (excluding diaryl/α,β-unsaturated/α-hetero) is 1. The quantitative estimate of drug-likeness (QED) is 0.0341. The summed E-state index contributed by atoms with van der Waals surface area (Å²) in [6.45, 7) is 18.1. The van der Waals surface area contributed by atoms with Gasteiger partial charge in [0.05, 0.1) is 76.7 Å². The van der Waals surface area contributed by atoms with Crippen LogP contribution in [-0.2, 0) is 46.4 Å². The van der Waals surface area contributed by atoms with Crippen LogP contribution in [-0.4, -0.2) is 278 Å². The molecule has 4 aliphatic rings. The lowest BCUT2D eigenvalue weighted by Crippen LogP contribution is -2.54. The van der Waals surface area contributed by atoms with Gasteiger partial charge in [0.2, 0.25) is 35.4 Å². The number of aliphatic imine (C=N–C) groups is 2. The molecule has 0 spiro atoms. The normalized spacial score (nSPS) is 15.3. The van der Waals surface area contributed by atoms with Crippen LogP contribution >= 0.6 is 0 Å². The topological polar surface area (TPSA) is 278 Å². The van der Waals surface area contributed by atoms with Gasteiger partial charge in [-0.25, -0.2) is 9.97 Å². The molecule has 0 unspecified atom stereocenters. The van der Waals surface area contributed by atoms with E-state index in [4.69, 9.17) is 35.2 Å². The van der Waals surface area contributed by atoms with Crippen molar-refractivity contribution in [3.63, 3.8) is 0 Å². The number of imidazole rings is 2. The number of hydrogen-bond acceptors (Lipinski definition) is 18. The highest BCUT2D eigenvalue weighted by Gasteiger charge is 2.34. The molecule has 111 heavy (non-hydrogen) atoms. The first-order valence-corrected chi connectivity index (χ1v) is 38.7. The van der Waals surface area contributed by atoms with E-state index in [0.717, 1.165) is 155 Å². The van der Waals surface area contributed by atoms with Crippen molar-refractivity contribution in [1.82, 2.24) is 59.1 Å². The van der Waals surface area contributed by atoms with Crippen LogP contribution in [0.15, 0.2) is 131 Å². The van der Waals surface area contributed by atoms with Crippen LogP contribution in [0.3, 0.4) is 0 Å². The van der Waals surface area contributed by atoms with Gasteiger partial charge < -0.3 is 69.3 Å². The number of carbonyl (C=O) groups excluding carboxylic acids is 7. The van der Waals surface area contributed by atoms with Crippen molar-refractivity contribution in [3.05, 3.63) is 144 Å². The number of rotatable bonds is 31. The van der Waals surface area contributed by atoms with Crippen molar-refractivity contribution in [2.24, 2.45) is 15.7 Å². The number of H-pyrrole nitrogens is 2. The number of aromatic amines is 2. The van der Waals surface area contributed by atoms with Gasteiger partial charge in [0, 0.05) is 142 Å². The molecule has 6 aromatic carbocycles. The number of fused-ring (bicyclic) bond motifs is 4. The van der Waals surface area contributed by atoms with Crippen molar-refractivity contribution >= 4 is 97.5 Å². The van der Waals surface area contributed by atoms with Crippen LogP contribution in [0.4, 0.5) is 22.7 Å². The highest BCUT2D eigenvalue weighted by Crippen LogP contribution is 2.37. The maximum Gasteiger partial charge on any atom is 0.245 e. The van der Waals surface area contributed by atoms with E-state index < -0.39 is 24.0 Å². The number of anilines is 2. The number of carbonyl (C=O) groups is 7. The van der Waals surface area contributed by atoms with Gasteiger partial charge in [-0.15, -0.1) is 0 Å². The second-order valence-corrected chi connectivity index (χ2v) is 30.2. The Hall–Kier alpha value is -10.8. The molecule has 26 nitrogen and oxygen atoms in total. The fourth-order valence-electron chi connectivity index (χ4n) is 14.0. The number of likely N-dealkylation sites (N-methyl/N-ethyl adjacent to an activating group) is 6. The van der Waals surface area contributed by atoms with Crippen LogP contribution in [0.5, 0.6) is 11.5 Å². The molecule has 8 aromatic rings. The summed E-state index contributed by atoms with van der Waals surface area (Å²) < 4.78 is 12.1. The Bertz CT molecular complexity index is 4740. The molecule has 2 fully saturated rings. The second kappa shape index (κ2) is 36.8. The number of piperazine rings is 2. The molecule has 0 bridgehead atoms. The standard InChI is InChI=1S/C43H54N8O5.C42H55N9O4/c1-27(30(4)52)49(7)43(55)29(3)50(8)42(54)28(2)48(6)40(53)13-10-22-56-35-12-9-11-33(23-35)41-45-36-17-15-32(25-39(36)46-41)37-24-31-14-16-34(26-38(31)44-37)51-20-18-47(5)19-21-51;1-29(47(2)3)42(54)51(28-39(43)52)18-7-6-17-49(5)40(53)12-9-23-55-34-11-8-10-30(25-34)37-26-32-24-31(13-15-35(32)44-37)41-45-36-16-14-33(27-38(36)46-41)50-21-19-48(4)20-22-50/h9,11-12,14-17,23,25-29H,10,13,18-22,24H2,1-8H3,(H,45,46);8,10-11,13-16,24-25,27,29H,6-7,9,12,17-23,26,28H2,1-5H3,(H2,43,52)(H,45,46)/t27-,28-,29-;29-/m00/s1. The Morgan fingerprint density at radius 3 is 1.59 bits per heavy atom. The monoisotopic (exact) mass is 1510 g/mol. The number of nitrogens with zero attached hydrogens (tertiary/aromatic N) is 14. The van der Waals surface area contributed by atoms with Crippen LogP contribution < -0.4 is 25.0 Å². The number of ether oxygens (including phenoxy) is 2. The minimum Gasteiger partial charge on any atom is -0.494 e. The number of benzene rings is 6. The molecule has 12 rings (SSSR count). The Kier molecular flexibility index (Phi) is 26.9. The summed E-state index contributed by atoms with van der Waals surface area (Å²) in [5.74, 6) is 1.29. The Morgan fingerprint density at radius 1 is 0.486 bits per heavy atom. The molecule has 2 saturated heterocycles. The van der Waals surface area contributed by atoms with E-state index in [1.165, 1.54) is 50.5 Å². The molecule has 6 amide bonds. The lowest BCUT2D eigenvalue weighted by atomic mass is 10.0. The van der Waals surface area contributed by atoms with Crippen molar-refractivity contribution in [2.45, 2.75) is 110 Å². The molecule has 0 aliphatic carbocycles. The second-order valence-electron chi connectivity index (χ2n) is 30.2. The lowest BCUT2D eigenvalue weighted by molar-refractivity contribution is -0.150. The molecule has 0 saturated carbocycles. The van der Waals surface area contributed by atoms with E-state index in [0.29, 0.717) is 64.2 Å².